The first-order valence-electron chi connectivity index (χ1n) is 11.3. The number of primary amides is 1. The molecule has 2 heterocycles. The number of piperazine rings is 1. The van der Waals surface area contributed by atoms with E-state index in [2.05, 4.69) is 21.9 Å². The normalized spacial score (nSPS) is 25.5. The molecule has 2 aromatic carbocycles. The van der Waals surface area contributed by atoms with Gasteiger partial charge in [0.15, 0.2) is 0 Å². The van der Waals surface area contributed by atoms with Crippen molar-refractivity contribution >= 4 is 11.6 Å². The maximum absolute atomic E-state index is 13.6. The predicted molar refractivity (Wildman–Crippen MR) is 119 cm³/mol. The van der Waals surface area contributed by atoms with Gasteiger partial charge in [0.25, 0.3) is 5.91 Å². The Morgan fingerprint density at radius 3 is 2.59 bits per heavy atom. The molecule has 1 saturated heterocycles. The Hall–Kier alpha value is -2.95. The number of halogens is 1. The van der Waals surface area contributed by atoms with Gasteiger partial charge in [-0.15, -0.1) is 0 Å². The smallest absolute Gasteiger partial charge is 0.250 e. The van der Waals surface area contributed by atoms with Crippen LogP contribution in [-0.2, 0) is 16.9 Å². The summed E-state index contributed by atoms with van der Waals surface area (Å²) in [5.41, 5.74) is 9.18. The highest BCUT2D eigenvalue weighted by molar-refractivity contribution is 5.98. The number of hydrogen-bond acceptors (Lipinski definition) is 5. The highest BCUT2D eigenvalue weighted by Crippen LogP contribution is 2.48. The monoisotopic (exact) mass is 434 g/mol. The second kappa shape index (κ2) is 8.19. The Bertz CT molecular complexity index is 1080. The van der Waals surface area contributed by atoms with Gasteiger partial charge in [0.05, 0.1) is 29.4 Å². The average molecular weight is 435 g/mol. The molecule has 2 aliphatic heterocycles. The quantitative estimate of drug-likeness (QED) is 0.802. The van der Waals surface area contributed by atoms with Gasteiger partial charge in [-0.25, -0.2) is 4.39 Å². The molecule has 166 valence electrons. The zero-order valence-electron chi connectivity index (χ0n) is 18.0. The number of fused-ring (bicyclic) bond motifs is 2. The van der Waals surface area contributed by atoms with Gasteiger partial charge in [0.1, 0.15) is 5.82 Å². The fourth-order valence-electron chi connectivity index (χ4n) is 5.72. The summed E-state index contributed by atoms with van der Waals surface area (Å²) in [5.74, 6) is -1.05. The highest BCUT2D eigenvalue weighted by atomic mass is 19.1. The lowest BCUT2D eigenvalue weighted by molar-refractivity contribution is -0.0777. The molecule has 0 atom stereocenters. The molecular formula is C25H27FN4O2. The number of ether oxygens (including phenoxy) is 1. The number of hydrogen-bond donors (Lipinski definition) is 1. The van der Waals surface area contributed by atoms with Gasteiger partial charge < -0.3 is 15.4 Å². The average Bonchev–Trinajstić information content (AvgIpc) is 3.18. The molecule has 5 rings (SSSR count). The van der Waals surface area contributed by atoms with Crippen molar-refractivity contribution < 1.29 is 13.9 Å². The summed E-state index contributed by atoms with van der Waals surface area (Å²) in [4.78, 5) is 16.4. The van der Waals surface area contributed by atoms with Gasteiger partial charge in [-0.05, 0) is 55.5 Å². The molecule has 32 heavy (non-hydrogen) atoms. The number of benzene rings is 2. The van der Waals surface area contributed by atoms with Crippen molar-refractivity contribution in [2.45, 2.75) is 43.9 Å². The van der Waals surface area contributed by atoms with Crippen molar-refractivity contribution in [3.63, 3.8) is 0 Å². The second-order valence-corrected chi connectivity index (χ2v) is 9.01. The molecular weight excluding hydrogens is 407 g/mol. The minimum absolute atomic E-state index is 0.242. The van der Waals surface area contributed by atoms with Crippen molar-refractivity contribution in [3.8, 4) is 6.07 Å². The molecule has 0 unspecified atom stereocenters. The van der Waals surface area contributed by atoms with Crippen LogP contribution in [0.4, 0.5) is 10.1 Å². The van der Waals surface area contributed by atoms with Gasteiger partial charge >= 0.3 is 0 Å². The van der Waals surface area contributed by atoms with Crippen LogP contribution in [0.15, 0.2) is 36.4 Å². The van der Waals surface area contributed by atoms with Crippen LogP contribution >= 0.6 is 0 Å². The van der Waals surface area contributed by atoms with E-state index in [0.717, 1.165) is 63.0 Å². The molecule has 1 saturated carbocycles. The van der Waals surface area contributed by atoms with E-state index in [0.29, 0.717) is 18.3 Å². The van der Waals surface area contributed by atoms with Crippen molar-refractivity contribution in [2.24, 2.45) is 5.73 Å². The summed E-state index contributed by atoms with van der Waals surface area (Å²) in [5, 5.41) is 9.41. The summed E-state index contributed by atoms with van der Waals surface area (Å²) in [6.45, 7) is 3.87. The number of amides is 1. The van der Waals surface area contributed by atoms with Gasteiger partial charge in [-0.2, -0.15) is 5.26 Å². The minimum atomic E-state index is -0.601. The van der Waals surface area contributed by atoms with Crippen LogP contribution in [0.25, 0.3) is 0 Å². The van der Waals surface area contributed by atoms with Crippen LogP contribution in [0.2, 0.25) is 0 Å². The van der Waals surface area contributed by atoms with E-state index in [4.69, 9.17) is 10.5 Å². The van der Waals surface area contributed by atoms with E-state index in [1.807, 2.05) is 12.1 Å². The fraction of sp³-hybridized carbons (Fsp3) is 0.440. The van der Waals surface area contributed by atoms with Crippen LogP contribution in [0.5, 0.6) is 0 Å². The maximum Gasteiger partial charge on any atom is 0.250 e. The van der Waals surface area contributed by atoms with Crippen molar-refractivity contribution in [3.05, 3.63) is 64.5 Å². The molecule has 1 amide bonds. The van der Waals surface area contributed by atoms with E-state index in [1.54, 1.807) is 6.07 Å². The lowest BCUT2D eigenvalue weighted by atomic mass is 9.76. The van der Waals surface area contributed by atoms with Gasteiger partial charge in [-0.3, -0.25) is 9.69 Å². The highest BCUT2D eigenvalue weighted by Gasteiger charge is 2.44. The van der Waals surface area contributed by atoms with E-state index < -0.39 is 11.7 Å². The summed E-state index contributed by atoms with van der Waals surface area (Å²) < 4.78 is 19.9. The largest absolute Gasteiger partial charge is 0.368 e. The third kappa shape index (κ3) is 3.54. The third-order valence-electron chi connectivity index (χ3n) is 7.44. The fourth-order valence-corrected chi connectivity index (χ4v) is 5.72. The molecule has 7 heteroatoms. The number of carbonyl (C=O) groups excluding carboxylic acids is 1. The molecule has 0 aromatic heterocycles. The van der Waals surface area contributed by atoms with E-state index >= 15 is 0 Å². The molecule has 3 aliphatic rings. The van der Waals surface area contributed by atoms with E-state index in [-0.39, 0.29) is 11.2 Å². The van der Waals surface area contributed by atoms with Crippen LogP contribution in [0.3, 0.4) is 0 Å². The second-order valence-electron chi connectivity index (χ2n) is 9.01. The Balaban J connectivity index is 1.23. The number of nitrogens with zero attached hydrogens (tertiary/aromatic N) is 3. The Morgan fingerprint density at radius 2 is 1.91 bits per heavy atom. The Labute approximate surface area is 187 Å². The summed E-state index contributed by atoms with van der Waals surface area (Å²) in [6, 6.07) is 13.0. The Kier molecular flexibility index (Phi) is 5.36. The van der Waals surface area contributed by atoms with Crippen LogP contribution in [0.1, 0.15) is 52.7 Å². The molecule has 2 N–H and O–H groups in total. The zero-order valence-corrected chi connectivity index (χ0v) is 18.0. The Morgan fingerprint density at radius 1 is 1.16 bits per heavy atom. The standard InChI is InChI=1S/C25H27FN4O2/c26-18-4-5-23(20(14-18)24(28)31)30-12-10-29(11-13-30)19-6-8-25(9-7-19)22-3-1-2-17(15-27)21(22)16-32-25/h1-5,14,19H,6-13,16H2,(H2,28,31). The first kappa shape index (κ1) is 20.9. The molecule has 1 spiro atoms. The van der Waals surface area contributed by atoms with E-state index in [9.17, 15) is 14.4 Å². The predicted octanol–water partition coefficient (Wildman–Crippen LogP) is 3.29. The van der Waals surface area contributed by atoms with Gasteiger partial charge in [-0.1, -0.05) is 12.1 Å². The maximum atomic E-state index is 13.6. The zero-order chi connectivity index (χ0) is 22.3. The summed E-state index contributed by atoms with van der Waals surface area (Å²) in [7, 11) is 0. The third-order valence-corrected chi connectivity index (χ3v) is 7.44. The number of nitrogens with two attached hydrogens (primary N) is 1. The van der Waals surface area contributed by atoms with Crippen LogP contribution < -0.4 is 10.6 Å². The lowest BCUT2D eigenvalue weighted by Gasteiger charge is -2.45. The van der Waals surface area contributed by atoms with Crippen molar-refractivity contribution in [1.29, 1.82) is 5.26 Å². The van der Waals surface area contributed by atoms with Crippen LogP contribution in [-0.4, -0.2) is 43.0 Å². The first-order valence-corrected chi connectivity index (χ1v) is 11.3. The molecule has 6 nitrogen and oxygen atoms in total. The minimum Gasteiger partial charge on any atom is -0.368 e. The number of carbonyl (C=O) groups is 1. The van der Waals surface area contributed by atoms with Crippen LogP contribution in [0, 0.1) is 17.1 Å². The molecule has 0 radical (unpaired) electrons. The first-order chi connectivity index (χ1) is 15.5. The van der Waals surface area contributed by atoms with Gasteiger partial charge in [0.2, 0.25) is 0 Å². The van der Waals surface area contributed by atoms with Gasteiger partial charge in [0, 0.05) is 43.5 Å². The number of rotatable bonds is 3. The summed E-state index contributed by atoms with van der Waals surface area (Å²) in [6.07, 6.45) is 4.03. The number of nitriles is 1. The number of anilines is 1. The van der Waals surface area contributed by atoms with Crippen molar-refractivity contribution in [1.82, 2.24) is 4.90 Å². The van der Waals surface area contributed by atoms with Crippen molar-refractivity contribution in [2.75, 3.05) is 31.1 Å². The SMILES string of the molecule is N#Cc1cccc2c1COC21CCC(N2CCN(c3ccc(F)cc3C(N)=O)CC2)CC1. The topological polar surface area (TPSA) is 82.6 Å². The molecule has 2 aromatic rings. The van der Waals surface area contributed by atoms with E-state index in [1.165, 1.54) is 17.7 Å². The lowest BCUT2D eigenvalue weighted by Crippen LogP contribution is -2.52. The molecule has 1 aliphatic carbocycles. The molecule has 0 bridgehead atoms. The summed E-state index contributed by atoms with van der Waals surface area (Å²) >= 11 is 0. The molecule has 2 fully saturated rings.